The van der Waals surface area contributed by atoms with Crippen LogP contribution in [0.5, 0.6) is 0 Å². The number of carbonyl (C=O) groups is 1. The average Bonchev–Trinajstić information content (AvgIpc) is 2.32. The third-order valence-corrected chi connectivity index (χ3v) is 3.81. The van der Waals surface area contributed by atoms with Gasteiger partial charge in [0.1, 0.15) is 0 Å². The standard InChI is InChI=1S/C15H22N2O/c1-11-7-4-5-10-14(11)16-15(18)17-12(2)8-6-9-13(17)3/h4-5,7,10,12-13H,6,8-9H2,1-3H3,(H,16,18)/t12-,13-/m0/s1. The number of urea groups is 1. The van der Waals surface area contributed by atoms with E-state index in [1.807, 2.05) is 36.1 Å². The minimum atomic E-state index is 0.0315. The second-order valence-electron chi connectivity index (χ2n) is 5.28. The van der Waals surface area contributed by atoms with Gasteiger partial charge in [-0.15, -0.1) is 0 Å². The molecule has 3 heteroatoms. The quantitative estimate of drug-likeness (QED) is 0.803. The first-order valence-corrected chi connectivity index (χ1v) is 6.74. The van der Waals surface area contributed by atoms with Gasteiger partial charge in [-0.05, 0) is 51.7 Å². The maximum atomic E-state index is 12.4. The first-order valence-electron chi connectivity index (χ1n) is 6.74. The molecule has 18 heavy (non-hydrogen) atoms. The lowest BCUT2D eigenvalue weighted by atomic mass is 9.98. The largest absolute Gasteiger partial charge is 0.322 e. The molecule has 0 spiro atoms. The van der Waals surface area contributed by atoms with Gasteiger partial charge in [-0.1, -0.05) is 18.2 Å². The molecule has 0 radical (unpaired) electrons. The molecule has 1 saturated heterocycles. The average molecular weight is 246 g/mol. The summed E-state index contributed by atoms with van der Waals surface area (Å²) in [4.78, 5) is 14.3. The Labute approximate surface area is 109 Å². The van der Waals surface area contributed by atoms with Crippen molar-refractivity contribution >= 4 is 11.7 Å². The summed E-state index contributed by atoms with van der Waals surface area (Å²) in [5, 5.41) is 3.03. The molecular formula is C15H22N2O. The van der Waals surface area contributed by atoms with Crippen molar-refractivity contribution in [2.24, 2.45) is 0 Å². The summed E-state index contributed by atoms with van der Waals surface area (Å²) in [6, 6.07) is 8.59. The van der Waals surface area contributed by atoms with Gasteiger partial charge in [0.05, 0.1) is 0 Å². The number of aryl methyl sites for hydroxylation is 1. The van der Waals surface area contributed by atoms with E-state index in [1.165, 1.54) is 6.42 Å². The zero-order valence-electron chi connectivity index (χ0n) is 11.4. The summed E-state index contributed by atoms with van der Waals surface area (Å²) < 4.78 is 0. The Morgan fingerprint density at radius 3 is 2.44 bits per heavy atom. The summed E-state index contributed by atoms with van der Waals surface area (Å²) in [6.07, 6.45) is 3.42. The summed E-state index contributed by atoms with van der Waals surface area (Å²) in [6.45, 7) is 6.28. The molecule has 1 aromatic rings. The maximum absolute atomic E-state index is 12.4. The number of hydrogen-bond acceptors (Lipinski definition) is 1. The van der Waals surface area contributed by atoms with Crippen molar-refractivity contribution in [2.75, 3.05) is 5.32 Å². The van der Waals surface area contributed by atoms with Crippen molar-refractivity contribution in [3.63, 3.8) is 0 Å². The highest BCUT2D eigenvalue weighted by Crippen LogP contribution is 2.24. The van der Waals surface area contributed by atoms with Crippen molar-refractivity contribution in [3.05, 3.63) is 29.8 Å². The number of piperidine rings is 1. The third kappa shape index (κ3) is 2.66. The van der Waals surface area contributed by atoms with Crippen LogP contribution < -0.4 is 5.32 Å². The Bertz CT molecular complexity index is 420. The van der Waals surface area contributed by atoms with E-state index in [-0.39, 0.29) is 6.03 Å². The monoisotopic (exact) mass is 246 g/mol. The van der Waals surface area contributed by atoms with Crippen molar-refractivity contribution in [3.8, 4) is 0 Å². The van der Waals surface area contributed by atoms with E-state index < -0.39 is 0 Å². The number of benzene rings is 1. The van der Waals surface area contributed by atoms with Gasteiger partial charge in [0.2, 0.25) is 0 Å². The van der Waals surface area contributed by atoms with Gasteiger partial charge < -0.3 is 10.2 Å². The van der Waals surface area contributed by atoms with E-state index in [9.17, 15) is 4.79 Å². The molecule has 3 nitrogen and oxygen atoms in total. The molecule has 1 aromatic carbocycles. The minimum absolute atomic E-state index is 0.0315. The summed E-state index contributed by atoms with van der Waals surface area (Å²) in [5.74, 6) is 0. The number of rotatable bonds is 1. The van der Waals surface area contributed by atoms with E-state index in [4.69, 9.17) is 0 Å². The number of carbonyl (C=O) groups excluding carboxylic acids is 1. The van der Waals surface area contributed by atoms with Gasteiger partial charge in [-0.25, -0.2) is 4.79 Å². The van der Waals surface area contributed by atoms with Crippen LogP contribution in [0.2, 0.25) is 0 Å². The lowest BCUT2D eigenvalue weighted by molar-refractivity contribution is 0.133. The van der Waals surface area contributed by atoms with Crippen LogP contribution in [0.4, 0.5) is 10.5 Å². The third-order valence-electron chi connectivity index (χ3n) is 3.81. The second-order valence-corrected chi connectivity index (χ2v) is 5.28. The molecule has 2 atom stereocenters. The van der Waals surface area contributed by atoms with Crippen LogP contribution in [-0.2, 0) is 0 Å². The van der Waals surface area contributed by atoms with E-state index in [0.29, 0.717) is 12.1 Å². The number of anilines is 1. The minimum Gasteiger partial charge on any atom is -0.319 e. The maximum Gasteiger partial charge on any atom is 0.322 e. The Hall–Kier alpha value is -1.51. The molecule has 0 bridgehead atoms. The molecule has 1 fully saturated rings. The predicted molar refractivity (Wildman–Crippen MR) is 74.8 cm³/mol. The van der Waals surface area contributed by atoms with E-state index >= 15 is 0 Å². The molecule has 2 amide bonds. The molecule has 1 heterocycles. The van der Waals surface area contributed by atoms with Crippen LogP contribution in [-0.4, -0.2) is 23.0 Å². The summed E-state index contributed by atoms with van der Waals surface area (Å²) in [7, 11) is 0. The van der Waals surface area contributed by atoms with Crippen molar-refractivity contribution in [2.45, 2.75) is 52.1 Å². The number of nitrogens with one attached hydrogen (secondary N) is 1. The number of nitrogens with zero attached hydrogens (tertiary/aromatic N) is 1. The number of hydrogen-bond donors (Lipinski definition) is 1. The van der Waals surface area contributed by atoms with Crippen LogP contribution in [0.15, 0.2) is 24.3 Å². The Kier molecular flexibility index (Phi) is 3.90. The van der Waals surface area contributed by atoms with Gasteiger partial charge in [0, 0.05) is 17.8 Å². The lowest BCUT2D eigenvalue weighted by Gasteiger charge is -2.39. The molecule has 0 unspecified atom stereocenters. The van der Waals surface area contributed by atoms with Crippen molar-refractivity contribution in [1.29, 1.82) is 0 Å². The molecule has 0 aromatic heterocycles. The topological polar surface area (TPSA) is 32.3 Å². The fraction of sp³-hybridized carbons (Fsp3) is 0.533. The Morgan fingerprint density at radius 2 is 1.83 bits per heavy atom. The van der Waals surface area contributed by atoms with E-state index in [2.05, 4.69) is 19.2 Å². The lowest BCUT2D eigenvalue weighted by Crippen LogP contribution is -2.49. The fourth-order valence-electron chi connectivity index (χ4n) is 2.71. The van der Waals surface area contributed by atoms with Crippen molar-refractivity contribution < 1.29 is 4.79 Å². The highest BCUT2D eigenvalue weighted by Gasteiger charge is 2.28. The SMILES string of the molecule is Cc1ccccc1NC(=O)N1[C@@H](C)CCC[C@@H]1C. The molecule has 0 saturated carbocycles. The van der Waals surface area contributed by atoms with Crippen LogP contribution >= 0.6 is 0 Å². The summed E-state index contributed by atoms with van der Waals surface area (Å²) >= 11 is 0. The number of amides is 2. The highest BCUT2D eigenvalue weighted by atomic mass is 16.2. The second kappa shape index (κ2) is 5.42. The summed E-state index contributed by atoms with van der Waals surface area (Å²) in [5.41, 5.74) is 2.01. The van der Waals surface area contributed by atoms with Crippen LogP contribution in [0.1, 0.15) is 38.7 Å². The first kappa shape index (κ1) is 12.9. The van der Waals surface area contributed by atoms with Gasteiger partial charge in [-0.3, -0.25) is 0 Å². The molecule has 1 N–H and O–H groups in total. The van der Waals surface area contributed by atoms with Crippen LogP contribution in [0.25, 0.3) is 0 Å². The smallest absolute Gasteiger partial charge is 0.319 e. The zero-order valence-corrected chi connectivity index (χ0v) is 11.4. The molecule has 98 valence electrons. The number of likely N-dealkylation sites (tertiary alicyclic amines) is 1. The molecule has 0 aliphatic carbocycles. The fourth-order valence-corrected chi connectivity index (χ4v) is 2.71. The molecule has 1 aliphatic rings. The Balaban J connectivity index is 2.09. The molecule has 1 aliphatic heterocycles. The van der Waals surface area contributed by atoms with Gasteiger partial charge in [-0.2, -0.15) is 0 Å². The van der Waals surface area contributed by atoms with Gasteiger partial charge in [0.25, 0.3) is 0 Å². The molecular weight excluding hydrogens is 224 g/mol. The Morgan fingerprint density at radius 1 is 1.22 bits per heavy atom. The van der Waals surface area contributed by atoms with Crippen LogP contribution in [0, 0.1) is 6.92 Å². The number of para-hydroxylation sites is 1. The molecule has 2 rings (SSSR count). The van der Waals surface area contributed by atoms with E-state index in [0.717, 1.165) is 24.1 Å². The normalized spacial score (nSPS) is 23.8. The predicted octanol–water partition coefficient (Wildman–Crippen LogP) is 3.79. The van der Waals surface area contributed by atoms with Crippen LogP contribution in [0.3, 0.4) is 0 Å². The highest BCUT2D eigenvalue weighted by molar-refractivity contribution is 5.90. The van der Waals surface area contributed by atoms with Crippen molar-refractivity contribution in [1.82, 2.24) is 4.90 Å². The zero-order chi connectivity index (χ0) is 13.1. The van der Waals surface area contributed by atoms with Gasteiger partial charge >= 0.3 is 6.03 Å². The van der Waals surface area contributed by atoms with Gasteiger partial charge in [0.15, 0.2) is 0 Å². The first-order chi connectivity index (χ1) is 8.59. The van der Waals surface area contributed by atoms with E-state index in [1.54, 1.807) is 0 Å².